The van der Waals surface area contributed by atoms with Gasteiger partial charge in [-0.25, -0.2) is 0 Å². The van der Waals surface area contributed by atoms with Crippen molar-refractivity contribution in [2.24, 2.45) is 11.8 Å². The minimum Gasteiger partial charge on any atom is -0.306 e. The fourth-order valence-corrected chi connectivity index (χ4v) is 3.94. The van der Waals surface area contributed by atoms with Crippen molar-refractivity contribution < 1.29 is 0 Å². The number of hydrogen-bond donors (Lipinski definition) is 1. The van der Waals surface area contributed by atoms with E-state index in [-0.39, 0.29) is 0 Å². The Labute approximate surface area is 116 Å². The van der Waals surface area contributed by atoms with E-state index in [0.29, 0.717) is 12.0 Å². The molecule has 3 atom stereocenters. The zero-order valence-corrected chi connectivity index (χ0v) is 12.8. The number of nitrogens with one attached hydrogen (secondary N) is 1. The summed E-state index contributed by atoms with van der Waals surface area (Å²) in [5, 5.41) is 6.12. The molecule has 1 heterocycles. The van der Waals surface area contributed by atoms with E-state index in [4.69, 9.17) is 0 Å². The minimum atomic E-state index is 0.545. The first kappa shape index (κ1) is 14.1. The van der Waals surface area contributed by atoms with E-state index in [0.717, 1.165) is 12.0 Å². The zero-order chi connectivity index (χ0) is 13.0. The second-order valence-corrected chi connectivity index (χ2v) is 7.19. The van der Waals surface area contributed by atoms with Crippen molar-refractivity contribution in [2.75, 3.05) is 0 Å². The van der Waals surface area contributed by atoms with E-state index in [2.05, 4.69) is 43.6 Å². The summed E-state index contributed by atoms with van der Waals surface area (Å²) < 4.78 is 0. The lowest BCUT2D eigenvalue weighted by atomic mass is 9.99. The zero-order valence-electron chi connectivity index (χ0n) is 12.0. The molecule has 0 bridgehead atoms. The van der Waals surface area contributed by atoms with Crippen LogP contribution in [0.1, 0.15) is 63.8 Å². The second kappa shape index (κ2) is 6.72. The third-order valence-electron chi connectivity index (χ3n) is 4.19. The first-order chi connectivity index (χ1) is 8.66. The van der Waals surface area contributed by atoms with Gasteiger partial charge >= 0.3 is 0 Å². The van der Waals surface area contributed by atoms with Crippen molar-refractivity contribution in [3.8, 4) is 0 Å². The predicted molar refractivity (Wildman–Crippen MR) is 81.1 cm³/mol. The highest BCUT2D eigenvalue weighted by Gasteiger charge is 2.22. The van der Waals surface area contributed by atoms with Gasteiger partial charge in [-0.15, -0.1) is 11.3 Å². The van der Waals surface area contributed by atoms with Gasteiger partial charge in [0.15, 0.2) is 0 Å². The monoisotopic (exact) mass is 265 g/mol. The Kier molecular flexibility index (Phi) is 5.25. The number of rotatable bonds is 4. The summed E-state index contributed by atoms with van der Waals surface area (Å²) in [5.74, 6) is 1.60. The molecule has 1 fully saturated rings. The normalized spacial score (nSPS) is 27.1. The largest absolute Gasteiger partial charge is 0.306 e. The molecule has 2 heteroatoms. The van der Waals surface area contributed by atoms with Crippen molar-refractivity contribution >= 4 is 11.3 Å². The summed E-state index contributed by atoms with van der Waals surface area (Å²) in [6.45, 7) is 7.06. The lowest BCUT2D eigenvalue weighted by Gasteiger charge is -2.27. The van der Waals surface area contributed by atoms with Crippen LogP contribution >= 0.6 is 11.3 Å². The van der Waals surface area contributed by atoms with Crippen molar-refractivity contribution in [1.29, 1.82) is 0 Å². The van der Waals surface area contributed by atoms with Crippen LogP contribution in [0.2, 0.25) is 0 Å². The molecule has 0 aliphatic heterocycles. The highest BCUT2D eigenvalue weighted by atomic mass is 32.1. The average Bonchev–Trinajstić information content (AvgIpc) is 2.77. The molecular formula is C16H27NS. The maximum atomic E-state index is 3.93. The molecule has 1 saturated carbocycles. The van der Waals surface area contributed by atoms with Gasteiger partial charge in [-0.3, -0.25) is 0 Å². The molecule has 0 aromatic carbocycles. The van der Waals surface area contributed by atoms with Crippen LogP contribution < -0.4 is 5.32 Å². The van der Waals surface area contributed by atoms with Crippen molar-refractivity contribution in [3.05, 3.63) is 22.4 Å². The van der Waals surface area contributed by atoms with E-state index in [9.17, 15) is 0 Å². The van der Waals surface area contributed by atoms with Crippen LogP contribution in [0.4, 0.5) is 0 Å². The Hall–Kier alpha value is -0.340. The van der Waals surface area contributed by atoms with E-state index < -0.39 is 0 Å². The topological polar surface area (TPSA) is 12.0 Å². The van der Waals surface area contributed by atoms with Gasteiger partial charge in [0.25, 0.3) is 0 Å². The van der Waals surface area contributed by atoms with Gasteiger partial charge in [-0.05, 0) is 42.5 Å². The molecule has 18 heavy (non-hydrogen) atoms. The highest BCUT2D eigenvalue weighted by molar-refractivity contribution is 7.10. The molecule has 3 unspecified atom stereocenters. The summed E-state index contributed by atoms with van der Waals surface area (Å²) in [4.78, 5) is 1.50. The lowest BCUT2D eigenvalue weighted by molar-refractivity contribution is 0.339. The molecule has 0 spiro atoms. The Morgan fingerprint density at radius 1 is 1.22 bits per heavy atom. The molecule has 2 rings (SSSR count). The van der Waals surface area contributed by atoms with Crippen molar-refractivity contribution in [2.45, 2.75) is 65.0 Å². The fraction of sp³-hybridized carbons (Fsp3) is 0.750. The van der Waals surface area contributed by atoms with E-state index in [1.807, 2.05) is 11.3 Å². The SMILES string of the molecule is CC1CCCC(NC(c2cccs2)C(C)C)CC1. The minimum absolute atomic E-state index is 0.545. The molecule has 1 aromatic rings. The molecule has 0 radical (unpaired) electrons. The van der Waals surface area contributed by atoms with Crippen LogP contribution in [0.5, 0.6) is 0 Å². The Balaban J connectivity index is 1.96. The molecule has 102 valence electrons. The van der Waals surface area contributed by atoms with E-state index in [1.165, 1.54) is 37.0 Å². The molecule has 1 aliphatic carbocycles. The quantitative estimate of drug-likeness (QED) is 0.755. The Morgan fingerprint density at radius 2 is 2.06 bits per heavy atom. The van der Waals surface area contributed by atoms with E-state index in [1.54, 1.807) is 0 Å². The summed E-state index contributed by atoms with van der Waals surface area (Å²) in [6, 6.07) is 5.72. The molecule has 1 aromatic heterocycles. The van der Waals surface area contributed by atoms with Gasteiger partial charge in [0.05, 0.1) is 0 Å². The average molecular weight is 265 g/mol. The number of hydrogen-bond acceptors (Lipinski definition) is 2. The first-order valence-corrected chi connectivity index (χ1v) is 8.34. The van der Waals surface area contributed by atoms with Crippen LogP contribution in [0.3, 0.4) is 0 Å². The predicted octanol–water partition coefficient (Wildman–Crippen LogP) is 5.00. The summed E-state index contributed by atoms with van der Waals surface area (Å²) in [7, 11) is 0. The summed E-state index contributed by atoms with van der Waals surface area (Å²) in [6.07, 6.45) is 6.93. The molecule has 1 nitrogen and oxygen atoms in total. The van der Waals surface area contributed by atoms with Gasteiger partial charge in [-0.1, -0.05) is 39.7 Å². The van der Waals surface area contributed by atoms with Crippen LogP contribution in [-0.2, 0) is 0 Å². The third kappa shape index (κ3) is 3.83. The first-order valence-electron chi connectivity index (χ1n) is 7.46. The molecule has 1 aliphatic rings. The van der Waals surface area contributed by atoms with Crippen LogP contribution in [0.25, 0.3) is 0 Å². The van der Waals surface area contributed by atoms with Crippen LogP contribution in [0.15, 0.2) is 17.5 Å². The smallest absolute Gasteiger partial charge is 0.0440 e. The van der Waals surface area contributed by atoms with Crippen molar-refractivity contribution in [3.63, 3.8) is 0 Å². The van der Waals surface area contributed by atoms with Gasteiger partial charge < -0.3 is 5.32 Å². The lowest BCUT2D eigenvalue weighted by Crippen LogP contribution is -2.34. The van der Waals surface area contributed by atoms with E-state index >= 15 is 0 Å². The molecule has 0 amide bonds. The number of thiophene rings is 1. The van der Waals surface area contributed by atoms with Gasteiger partial charge in [0.1, 0.15) is 0 Å². The highest BCUT2D eigenvalue weighted by Crippen LogP contribution is 2.29. The second-order valence-electron chi connectivity index (χ2n) is 6.21. The summed E-state index contributed by atoms with van der Waals surface area (Å²) in [5.41, 5.74) is 0. The fourth-order valence-electron chi connectivity index (χ4n) is 2.98. The van der Waals surface area contributed by atoms with Gasteiger partial charge in [0, 0.05) is 17.0 Å². The third-order valence-corrected chi connectivity index (χ3v) is 5.14. The Morgan fingerprint density at radius 3 is 2.72 bits per heavy atom. The maximum absolute atomic E-state index is 3.93. The summed E-state index contributed by atoms with van der Waals surface area (Å²) >= 11 is 1.89. The Bertz CT molecular complexity index is 331. The van der Waals surface area contributed by atoms with Gasteiger partial charge in [0.2, 0.25) is 0 Å². The molecule has 1 N–H and O–H groups in total. The van der Waals surface area contributed by atoms with Crippen molar-refractivity contribution in [1.82, 2.24) is 5.32 Å². The molecular weight excluding hydrogens is 238 g/mol. The van der Waals surface area contributed by atoms with Crippen LogP contribution in [0, 0.1) is 11.8 Å². The maximum Gasteiger partial charge on any atom is 0.0440 e. The standard InChI is InChI=1S/C16H27NS/c1-12(2)16(15-8-5-11-18-15)17-14-7-4-6-13(3)9-10-14/h5,8,11-14,16-17H,4,6-7,9-10H2,1-3H3. The molecule has 0 saturated heterocycles. The van der Waals surface area contributed by atoms with Crippen LogP contribution in [-0.4, -0.2) is 6.04 Å². The van der Waals surface area contributed by atoms with Gasteiger partial charge in [-0.2, -0.15) is 0 Å².